The molecule has 0 aromatic carbocycles. The van der Waals surface area contributed by atoms with Crippen LogP contribution >= 0.6 is 0 Å². The zero-order valence-corrected chi connectivity index (χ0v) is 12.5. The van der Waals surface area contributed by atoms with Crippen molar-refractivity contribution in [2.24, 2.45) is 0 Å². The molecule has 3 heterocycles. The van der Waals surface area contributed by atoms with Crippen LogP contribution in [0.4, 0.5) is 5.82 Å². The Bertz CT molecular complexity index is 770. The average Bonchev–Trinajstić information content (AvgIpc) is 2.53. The number of anilines is 1. The minimum absolute atomic E-state index is 0.0812. The van der Waals surface area contributed by atoms with E-state index in [1.807, 2.05) is 38.1 Å². The third-order valence-electron chi connectivity index (χ3n) is 3.05. The fraction of sp³-hybridized carbons (Fsp3) is 0.250. The number of hydrogen-bond donors (Lipinski definition) is 1. The SMILES string of the molecule is CC(C)Oc1ncccc1CNc1ncnc2ncccc12. The van der Waals surface area contributed by atoms with Gasteiger partial charge in [-0.2, -0.15) is 0 Å². The number of fused-ring (bicyclic) bond motifs is 1. The van der Waals surface area contributed by atoms with Crippen LogP contribution in [0.5, 0.6) is 5.88 Å². The first kappa shape index (κ1) is 14.2. The molecular weight excluding hydrogens is 278 g/mol. The van der Waals surface area contributed by atoms with E-state index >= 15 is 0 Å². The van der Waals surface area contributed by atoms with E-state index < -0.39 is 0 Å². The van der Waals surface area contributed by atoms with Crippen LogP contribution in [-0.4, -0.2) is 26.0 Å². The Morgan fingerprint density at radius 3 is 2.73 bits per heavy atom. The molecule has 112 valence electrons. The number of ether oxygens (including phenoxy) is 1. The molecule has 22 heavy (non-hydrogen) atoms. The summed E-state index contributed by atoms with van der Waals surface area (Å²) < 4.78 is 5.73. The van der Waals surface area contributed by atoms with Crippen LogP contribution < -0.4 is 10.1 Å². The maximum absolute atomic E-state index is 5.73. The molecule has 3 aromatic heterocycles. The first-order valence-corrected chi connectivity index (χ1v) is 7.14. The summed E-state index contributed by atoms with van der Waals surface area (Å²) in [6.45, 7) is 4.53. The first-order chi connectivity index (χ1) is 10.7. The van der Waals surface area contributed by atoms with Gasteiger partial charge in [-0.15, -0.1) is 0 Å². The lowest BCUT2D eigenvalue weighted by Gasteiger charge is -2.13. The summed E-state index contributed by atoms with van der Waals surface area (Å²) in [5, 5.41) is 4.20. The Kier molecular flexibility index (Phi) is 4.09. The van der Waals surface area contributed by atoms with Crippen molar-refractivity contribution in [2.75, 3.05) is 5.32 Å². The summed E-state index contributed by atoms with van der Waals surface area (Å²) in [7, 11) is 0. The number of nitrogens with one attached hydrogen (secondary N) is 1. The van der Waals surface area contributed by atoms with Gasteiger partial charge in [-0.25, -0.2) is 19.9 Å². The lowest BCUT2D eigenvalue weighted by atomic mass is 10.2. The zero-order chi connectivity index (χ0) is 15.4. The highest BCUT2D eigenvalue weighted by molar-refractivity contribution is 5.85. The summed E-state index contributed by atoms with van der Waals surface area (Å²) in [6.07, 6.45) is 5.03. The van der Waals surface area contributed by atoms with Gasteiger partial charge >= 0.3 is 0 Å². The number of pyridine rings is 2. The Hall–Kier alpha value is -2.76. The van der Waals surface area contributed by atoms with Crippen LogP contribution in [0.2, 0.25) is 0 Å². The van der Waals surface area contributed by atoms with Crippen LogP contribution in [0.1, 0.15) is 19.4 Å². The van der Waals surface area contributed by atoms with Gasteiger partial charge in [0.05, 0.1) is 11.5 Å². The second kappa shape index (κ2) is 6.34. The number of rotatable bonds is 5. The summed E-state index contributed by atoms with van der Waals surface area (Å²) in [5.74, 6) is 1.39. The molecule has 0 unspecified atom stereocenters. The lowest BCUT2D eigenvalue weighted by Crippen LogP contribution is -2.11. The highest BCUT2D eigenvalue weighted by Crippen LogP contribution is 2.20. The molecule has 0 saturated heterocycles. The third-order valence-corrected chi connectivity index (χ3v) is 3.05. The molecule has 1 N–H and O–H groups in total. The molecule has 0 atom stereocenters. The highest BCUT2D eigenvalue weighted by Gasteiger charge is 2.08. The lowest BCUT2D eigenvalue weighted by molar-refractivity contribution is 0.230. The molecular formula is C16H17N5O. The molecule has 0 bridgehead atoms. The summed E-state index contributed by atoms with van der Waals surface area (Å²) >= 11 is 0. The van der Waals surface area contributed by atoms with Crippen molar-refractivity contribution in [3.05, 3.63) is 48.5 Å². The maximum atomic E-state index is 5.73. The zero-order valence-electron chi connectivity index (χ0n) is 12.5. The molecule has 6 heteroatoms. The van der Waals surface area contributed by atoms with Crippen molar-refractivity contribution in [1.29, 1.82) is 0 Å². The van der Waals surface area contributed by atoms with E-state index in [1.54, 1.807) is 12.4 Å². The van der Waals surface area contributed by atoms with Gasteiger partial charge in [0.2, 0.25) is 5.88 Å². The number of aromatic nitrogens is 4. The van der Waals surface area contributed by atoms with Crippen LogP contribution in [0, 0.1) is 0 Å². The monoisotopic (exact) mass is 295 g/mol. The quantitative estimate of drug-likeness (QED) is 0.780. The Morgan fingerprint density at radius 1 is 1.05 bits per heavy atom. The van der Waals surface area contributed by atoms with Crippen molar-refractivity contribution in [3.8, 4) is 5.88 Å². The number of hydrogen-bond acceptors (Lipinski definition) is 6. The molecule has 0 aliphatic heterocycles. The van der Waals surface area contributed by atoms with Gasteiger partial charge in [-0.05, 0) is 32.0 Å². The minimum Gasteiger partial charge on any atom is -0.475 e. The molecule has 0 spiro atoms. The van der Waals surface area contributed by atoms with Gasteiger partial charge in [0.25, 0.3) is 0 Å². The average molecular weight is 295 g/mol. The van der Waals surface area contributed by atoms with Crippen LogP contribution in [0.3, 0.4) is 0 Å². The molecule has 6 nitrogen and oxygen atoms in total. The highest BCUT2D eigenvalue weighted by atomic mass is 16.5. The van der Waals surface area contributed by atoms with Crippen molar-refractivity contribution in [1.82, 2.24) is 19.9 Å². The predicted octanol–water partition coefficient (Wildman–Crippen LogP) is 2.82. The van der Waals surface area contributed by atoms with Gasteiger partial charge in [0, 0.05) is 24.5 Å². The van der Waals surface area contributed by atoms with Crippen LogP contribution in [-0.2, 0) is 6.54 Å². The molecule has 0 amide bonds. The first-order valence-electron chi connectivity index (χ1n) is 7.14. The van der Waals surface area contributed by atoms with Gasteiger partial charge < -0.3 is 10.1 Å². The summed E-state index contributed by atoms with van der Waals surface area (Å²) in [6, 6.07) is 7.69. The molecule has 0 saturated carbocycles. The van der Waals surface area contributed by atoms with E-state index in [4.69, 9.17) is 4.74 Å². The van der Waals surface area contributed by atoms with E-state index in [2.05, 4.69) is 25.3 Å². The Labute approximate surface area is 128 Å². The van der Waals surface area contributed by atoms with Crippen molar-refractivity contribution in [2.45, 2.75) is 26.5 Å². The normalized spacial score (nSPS) is 10.9. The standard InChI is InChI=1S/C16H17N5O/c1-11(2)22-16-12(5-3-8-18-16)9-19-15-13-6-4-7-17-14(13)20-10-21-15/h3-8,10-11H,9H2,1-2H3,(H,17,19,20,21). The van der Waals surface area contributed by atoms with E-state index in [-0.39, 0.29) is 6.10 Å². The molecule has 0 radical (unpaired) electrons. The molecule has 0 fully saturated rings. The van der Waals surface area contributed by atoms with Crippen molar-refractivity contribution >= 4 is 16.9 Å². The second-order valence-corrected chi connectivity index (χ2v) is 5.08. The summed E-state index contributed by atoms with van der Waals surface area (Å²) in [5.41, 5.74) is 1.65. The van der Waals surface area contributed by atoms with Gasteiger partial charge in [0.1, 0.15) is 12.1 Å². The van der Waals surface area contributed by atoms with Gasteiger partial charge in [-0.3, -0.25) is 0 Å². The Balaban J connectivity index is 1.83. The van der Waals surface area contributed by atoms with E-state index in [9.17, 15) is 0 Å². The molecule has 0 aliphatic carbocycles. The van der Waals surface area contributed by atoms with E-state index in [0.29, 0.717) is 18.1 Å². The Morgan fingerprint density at radius 2 is 1.86 bits per heavy atom. The fourth-order valence-corrected chi connectivity index (χ4v) is 2.10. The third kappa shape index (κ3) is 3.11. The molecule has 3 aromatic rings. The van der Waals surface area contributed by atoms with Crippen LogP contribution in [0.25, 0.3) is 11.0 Å². The smallest absolute Gasteiger partial charge is 0.218 e. The minimum atomic E-state index is 0.0812. The summed E-state index contributed by atoms with van der Waals surface area (Å²) in [4.78, 5) is 17.0. The molecule has 3 rings (SSSR count). The second-order valence-electron chi connectivity index (χ2n) is 5.08. The fourth-order valence-electron chi connectivity index (χ4n) is 2.10. The van der Waals surface area contributed by atoms with Gasteiger partial charge in [0.15, 0.2) is 5.65 Å². The predicted molar refractivity (Wildman–Crippen MR) is 84.7 cm³/mol. The van der Waals surface area contributed by atoms with Crippen LogP contribution in [0.15, 0.2) is 43.0 Å². The molecule has 0 aliphatic rings. The van der Waals surface area contributed by atoms with E-state index in [0.717, 1.165) is 16.8 Å². The van der Waals surface area contributed by atoms with E-state index in [1.165, 1.54) is 6.33 Å². The number of nitrogens with zero attached hydrogens (tertiary/aromatic N) is 4. The topological polar surface area (TPSA) is 72.8 Å². The largest absolute Gasteiger partial charge is 0.475 e. The maximum Gasteiger partial charge on any atom is 0.218 e. The van der Waals surface area contributed by atoms with Crippen molar-refractivity contribution < 1.29 is 4.74 Å². The van der Waals surface area contributed by atoms with Crippen molar-refractivity contribution in [3.63, 3.8) is 0 Å². The van der Waals surface area contributed by atoms with Gasteiger partial charge in [-0.1, -0.05) is 6.07 Å².